The van der Waals surface area contributed by atoms with E-state index in [1.54, 1.807) is 0 Å². The van der Waals surface area contributed by atoms with E-state index in [0.717, 1.165) is 25.7 Å². The maximum absolute atomic E-state index is 8.61. The summed E-state index contributed by atoms with van der Waals surface area (Å²) in [7, 11) is 0. The lowest BCUT2D eigenvalue weighted by Gasteiger charge is -2.37. The third kappa shape index (κ3) is 12.1. The molecule has 2 N–H and O–H groups in total. The second-order valence-electron chi connectivity index (χ2n) is 6.06. The van der Waals surface area contributed by atoms with Gasteiger partial charge in [-0.1, -0.05) is 6.42 Å². The Morgan fingerprint density at radius 3 is 1.31 bits per heavy atom. The van der Waals surface area contributed by atoms with Crippen LogP contribution in [-0.2, 0) is 28.4 Å². The van der Waals surface area contributed by atoms with Gasteiger partial charge < -0.3 is 38.6 Å². The molecule has 0 unspecified atom stereocenters. The van der Waals surface area contributed by atoms with Crippen molar-refractivity contribution in [2.24, 2.45) is 0 Å². The van der Waals surface area contributed by atoms with Crippen molar-refractivity contribution in [3.63, 3.8) is 0 Å². The topological polar surface area (TPSA) is 95.8 Å². The van der Waals surface area contributed by atoms with Gasteiger partial charge in [0.15, 0.2) is 5.79 Å². The smallest absolute Gasteiger partial charge is 0.168 e. The highest BCUT2D eigenvalue weighted by Crippen LogP contribution is 2.32. The third-order valence-corrected chi connectivity index (χ3v) is 4.02. The Morgan fingerprint density at radius 1 is 0.500 bits per heavy atom. The van der Waals surface area contributed by atoms with Crippen LogP contribution in [0, 0.1) is 0 Å². The molecular weight excluding hydrogens is 344 g/mol. The van der Waals surface area contributed by atoms with Crippen LogP contribution in [0.5, 0.6) is 0 Å². The van der Waals surface area contributed by atoms with Crippen molar-refractivity contribution in [3.8, 4) is 0 Å². The summed E-state index contributed by atoms with van der Waals surface area (Å²) in [4.78, 5) is 0. The minimum atomic E-state index is -0.522. The molecule has 8 nitrogen and oxygen atoms in total. The molecule has 1 saturated carbocycles. The van der Waals surface area contributed by atoms with Gasteiger partial charge in [0.05, 0.1) is 79.3 Å². The highest BCUT2D eigenvalue weighted by atomic mass is 16.7. The molecular formula is C18H36O8. The summed E-state index contributed by atoms with van der Waals surface area (Å²) in [5, 5.41) is 17.2. The predicted molar refractivity (Wildman–Crippen MR) is 95.2 cm³/mol. The maximum atomic E-state index is 8.61. The SMILES string of the molecule is OCCOCCOCCOC1(OCCOCCOCCO)CCCCC1. The zero-order valence-electron chi connectivity index (χ0n) is 15.9. The predicted octanol–water partition coefficient (Wildman–Crippen LogP) is 0.731. The fourth-order valence-electron chi connectivity index (χ4n) is 2.77. The number of hydrogen-bond donors (Lipinski definition) is 2. The lowest BCUT2D eigenvalue weighted by molar-refractivity contribution is -0.260. The van der Waals surface area contributed by atoms with Crippen molar-refractivity contribution in [2.75, 3.05) is 79.3 Å². The van der Waals surface area contributed by atoms with Crippen LogP contribution < -0.4 is 0 Å². The molecule has 1 aliphatic carbocycles. The van der Waals surface area contributed by atoms with Gasteiger partial charge in [-0.2, -0.15) is 0 Å². The molecule has 0 spiro atoms. The minimum absolute atomic E-state index is 0.0301. The van der Waals surface area contributed by atoms with Gasteiger partial charge >= 0.3 is 0 Å². The average Bonchev–Trinajstić information content (AvgIpc) is 2.67. The molecule has 0 bridgehead atoms. The Morgan fingerprint density at radius 2 is 0.885 bits per heavy atom. The number of ether oxygens (including phenoxy) is 6. The lowest BCUT2D eigenvalue weighted by atomic mass is 9.94. The second-order valence-corrected chi connectivity index (χ2v) is 6.06. The van der Waals surface area contributed by atoms with E-state index in [1.165, 1.54) is 6.42 Å². The van der Waals surface area contributed by atoms with Gasteiger partial charge in [-0.05, 0) is 12.8 Å². The van der Waals surface area contributed by atoms with Crippen LogP contribution in [0.15, 0.2) is 0 Å². The molecule has 0 saturated heterocycles. The Bertz CT molecular complexity index is 275. The molecule has 1 fully saturated rings. The van der Waals surface area contributed by atoms with Crippen LogP contribution in [0.4, 0.5) is 0 Å². The molecule has 26 heavy (non-hydrogen) atoms. The lowest BCUT2D eigenvalue weighted by Crippen LogP contribution is -2.40. The fraction of sp³-hybridized carbons (Fsp3) is 1.00. The van der Waals surface area contributed by atoms with Gasteiger partial charge in [-0.15, -0.1) is 0 Å². The first kappa shape index (κ1) is 23.7. The summed E-state index contributed by atoms with van der Waals surface area (Å²) in [6.07, 6.45) is 5.21. The summed E-state index contributed by atoms with van der Waals surface area (Å²) in [5.74, 6) is -0.522. The molecule has 0 heterocycles. The number of aliphatic hydroxyl groups excluding tert-OH is 2. The van der Waals surface area contributed by atoms with E-state index in [-0.39, 0.29) is 13.2 Å². The van der Waals surface area contributed by atoms with Crippen molar-refractivity contribution in [1.82, 2.24) is 0 Å². The molecule has 156 valence electrons. The summed E-state index contributed by atoms with van der Waals surface area (Å²) in [6.45, 7) is 4.61. The van der Waals surface area contributed by atoms with Gasteiger partial charge in [-0.25, -0.2) is 0 Å². The molecule has 0 atom stereocenters. The van der Waals surface area contributed by atoms with Crippen LogP contribution in [0.1, 0.15) is 32.1 Å². The standard InChI is InChI=1S/C18H36O8/c19-6-8-21-10-12-23-14-16-25-18(4-2-1-3-5-18)26-17-15-24-13-11-22-9-7-20/h19-20H,1-17H2. The molecule has 0 aliphatic heterocycles. The second kappa shape index (κ2) is 16.8. The molecule has 8 heteroatoms. The molecule has 0 aromatic heterocycles. The summed E-state index contributed by atoms with van der Waals surface area (Å²) in [5.41, 5.74) is 0. The zero-order valence-corrected chi connectivity index (χ0v) is 15.9. The molecule has 0 aromatic carbocycles. The van der Waals surface area contributed by atoms with Crippen molar-refractivity contribution >= 4 is 0 Å². The summed E-state index contributed by atoms with van der Waals surface area (Å²) in [6, 6.07) is 0. The van der Waals surface area contributed by atoms with Crippen LogP contribution >= 0.6 is 0 Å². The molecule has 1 rings (SSSR count). The summed E-state index contributed by atoms with van der Waals surface area (Å²) < 4.78 is 33.2. The number of hydrogen-bond acceptors (Lipinski definition) is 8. The van der Waals surface area contributed by atoms with Gasteiger partial charge in [0.25, 0.3) is 0 Å². The average molecular weight is 380 g/mol. The van der Waals surface area contributed by atoms with E-state index in [9.17, 15) is 0 Å². The monoisotopic (exact) mass is 380 g/mol. The highest BCUT2D eigenvalue weighted by molar-refractivity contribution is 4.75. The van der Waals surface area contributed by atoms with E-state index in [1.807, 2.05) is 0 Å². The van der Waals surface area contributed by atoms with E-state index in [4.69, 9.17) is 38.6 Å². The maximum Gasteiger partial charge on any atom is 0.168 e. The molecule has 0 radical (unpaired) electrons. The third-order valence-electron chi connectivity index (χ3n) is 4.02. The fourth-order valence-corrected chi connectivity index (χ4v) is 2.77. The van der Waals surface area contributed by atoms with Gasteiger partial charge in [-0.3, -0.25) is 0 Å². The first-order valence-electron chi connectivity index (χ1n) is 9.63. The largest absolute Gasteiger partial charge is 0.394 e. The number of rotatable bonds is 18. The first-order chi connectivity index (χ1) is 12.8. The first-order valence-corrected chi connectivity index (χ1v) is 9.63. The van der Waals surface area contributed by atoms with Crippen LogP contribution in [0.3, 0.4) is 0 Å². The Kier molecular flexibility index (Phi) is 15.3. The van der Waals surface area contributed by atoms with Crippen LogP contribution in [0.25, 0.3) is 0 Å². The van der Waals surface area contributed by atoms with Crippen molar-refractivity contribution in [3.05, 3.63) is 0 Å². The van der Waals surface area contributed by atoms with Gasteiger partial charge in [0.2, 0.25) is 0 Å². The van der Waals surface area contributed by atoms with Crippen LogP contribution in [0.2, 0.25) is 0 Å². The van der Waals surface area contributed by atoms with E-state index < -0.39 is 5.79 Å². The Hall–Kier alpha value is -0.320. The molecule has 0 amide bonds. The van der Waals surface area contributed by atoms with Gasteiger partial charge in [0, 0.05) is 12.8 Å². The normalized spacial score (nSPS) is 16.8. The quantitative estimate of drug-likeness (QED) is 0.265. The Labute approximate surface area is 156 Å². The van der Waals surface area contributed by atoms with Crippen molar-refractivity contribution < 1.29 is 38.6 Å². The zero-order chi connectivity index (χ0) is 18.8. The van der Waals surface area contributed by atoms with Crippen LogP contribution in [-0.4, -0.2) is 95.3 Å². The summed E-state index contributed by atoms with van der Waals surface area (Å²) >= 11 is 0. The van der Waals surface area contributed by atoms with Gasteiger partial charge in [0.1, 0.15) is 0 Å². The Balaban J connectivity index is 2.09. The highest BCUT2D eigenvalue weighted by Gasteiger charge is 2.33. The molecule has 1 aliphatic rings. The van der Waals surface area contributed by atoms with E-state index in [2.05, 4.69) is 0 Å². The van der Waals surface area contributed by atoms with Crippen molar-refractivity contribution in [2.45, 2.75) is 37.9 Å². The molecule has 0 aromatic rings. The number of aliphatic hydroxyl groups is 2. The van der Waals surface area contributed by atoms with E-state index in [0.29, 0.717) is 66.1 Å². The van der Waals surface area contributed by atoms with Crippen molar-refractivity contribution in [1.29, 1.82) is 0 Å². The minimum Gasteiger partial charge on any atom is -0.394 e. The van der Waals surface area contributed by atoms with E-state index >= 15 is 0 Å².